The zero-order chi connectivity index (χ0) is 25.5. The van der Waals surface area contributed by atoms with Crippen LogP contribution in [-0.2, 0) is 6.42 Å². The van der Waals surface area contributed by atoms with Crippen LogP contribution in [-0.4, -0.2) is 8.75 Å². The number of fused-ring (bicyclic) bond motifs is 1. The number of halogens is 1. The van der Waals surface area contributed by atoms with Crippen LogP contribution in [0, 0.1) is 5.82 Å². The third kappa shape index (κ3) is 6.22. The smallest absolute Gasteiger partial charge is 0.143 e. The highest BCUT2D eigenvalue weighted by Gasteiger charge is 2.27. The highest BCUT2D eigenvalue weighted by atomic mass is 32.1. The van der Waals surface area contributed by atoms with E-state index in [9.17, 15) is 0 Å². The van der Waals surface area contributed by atoms with Crippen LogP contribution >= 0.6 is 45.7 Å². The van der Waals surface area contributed by atoms with Gasteiger partial charge in [0, 0.05) is 30.6 Å². The van der Waals surface area contributed by atoms with E-state index in [-0.39, 0.29) is 5.82 Å². The van der Waals surface area contributed by atoms with Crippen LogP contribution in [0.3, 0.4) is 0 Å². The summed E-state index contributed by atoms with van der Waals surface area (Å²) < 4.78 is 25.7. The first-order chi connectivity index (χ1) is 18.3. The maximum atomic E-state index is 16.5. The van der Waals surface area contributed by atoms with Crippen LogP contribution in [0.1, 0.15) is 76.0 Å². The highest BCUT2D eigenvalue weighted by Crippen LogP contribution is 2.48. The molecular formula is C30H33FN2S4. The molecule has 0 bridgehead atoms. The summed E-state index contributed by atoms with van der Waals surface area (Å²) in [6, 6.07) is 12.3. The molecule has 0 aliphatic rings. The number of hydrogen-bond donors (Lipinski definition) is 0. The van der Waals surface area contributed by atoms with Gasteiger partial charge in [-0.3, -0.25) is 0 Å². The lowest BCUT2D eigenvalue weighted by molar-refractivity contribution is 0.557. The maximum absolute atomic E-state index is 16.5. The predicted octanol–water partition coefficient (Wildman–Crippen LogP) is 11.5. The molecule has 0 saturated carbocycles. The molecule has 37 heavy (non-hydrogen) atoms. The second-order valence-electron chi connectivity index (χ2n) is 9.55. The summed E-state index contributed by atoms with van der Waals surface area (Å²) in [5, 5.41) is 4.03. The molecule has 0 atom stereocenters. The molecule has 0 N–H and O–H groups in total. The van der Waals surface area contributed by atoms with Crippen LogP contribution in [0.4, 0.5) is 4.39 Å². The molecule has 2 nitrogen and oxygen atoms in total. The highest BCUT2D eigenvalue weighted by molar-refractivity contribution is 7.16. The molecule has 0 fully saturated rings. The quantitative estimate of drug-likeness (QED) is 0.125. The Labute approximate surface area is 235 Å². The largest absolute Gasteiger partial charge is 0.205 e. The minimum Gasteiger partial charge on any atom is -0.205 e. The van der Waals surface area contributed by atoms with E-state index in [4.69, 9.17) is 0 Å². The van der Waals surface area contributed by atoms with Crippen LogP contribution in [0.5, 0.6) is 0 Å². The van der Waals surface area contributed by atoms with E-state index in [1.54, 1.807) is 34.0 Å². The third-order valence-electron chi connectivity index (χ3n) is 6.87. The van der Waals surface area contributed by atoms with Crippen molar-refractivity contribution < 1.29 is 4.39 Å². The summed E-state index contributed by atoms with van der Waals surface area (Å²) in [6.45, 7) is 2.27. The van der Waals surface area contributed by atoms with Gasteiger partial charge in [-0.25, -0.2) is 4.39 Å². The van der Waals surface area contributed by atoms with Crippen molar-refractivity contribution in [3.63, 3.8) is 0 Å². The number of aromatic nitrogens is 2. The van der Waals surface area contributed by atoms with Crippen molar-refractivity contribution in [1.82, 2.24) is 8.75 Å². The SMILES string of the molecule is CCCCCCCCCCCCc1ccc(-c2c(F)c(-c3cccs3)c3nsnc3c2-c2cccs2)s1. The topological polar surface area (TPSA) is 25.8 Å². The lowest BCUT2D eigenvalue weighted by Gasteiger charge is -2.13. The van der Waals surface area contributed by atoms with Crippen LogP contribution in [0.2, 0.25) is 0 Å². The van der Waals surface area contributed by atoms with Gasteiger partial charge < -0.3 is 0 Å². The Bertz CT molecular complexity index is 1380. The minimum absolute atomic E-state index is 0.182. The molecule has 5 aromatic rings. The zero-order valence-corrected chi connectivity index (χ0v) is 24.6. The van der Waals surface area contributed by atoms with Crippen LogP contribution in [0.25, 0.3) is 42.4 Å². The van der Waals surface area contributed by atoms with E-state index in [0.717, 1.165) is 43.9 Å². The van der Waals surface area contributed by atoms with Gasteiger partial charge in [-0.2, -0.15) is 8.75 Å². The Morgan fingerprint density at radius 3 is 1.86 bits per heavy atom. The van der Waals surface area contributed by atoms with E-state index in [1.165, 1.54) is 69.1 Å². The number of aryl methyl sites for hydroxylation is 1. The van der Waals surface area contributed by atoms with Crippen LogP contribution < -0.4 is 0 Å². The first kappa shape index (κ1) is 26.7. The van der Waals surface area contributed by atoms with Crippen molar-refractivity contribution in [3.8, 4) is 31.3 Å². The van der Waals surface area contributed by atoms with E-state index < -0.39 is 0 Å². The minimum atomic E-state index is -0.182. The van der Waals surface area contributed by atoms with Crippen molar-refractivity contribution in [2.24, 2.45) is 0 Å². The third-order valence-corrected chi connectivity index (χ3v) is 10.3. The molecule has 4 aromatic heterocycles. The van der Waals surface area contributed by atoms with Crippen molar-refractivity contribution in [2.45, 2.75) is 77.6 Å². The van der Waals surface area contributed by atoms with Crippen molar-refractivity contribution in [3.05, 3.63) is 57.9 Å². The van der Waals surface area contributed by atoms with E-state index in [0.29, 0.717) is 16.6 Å². The van der Waals surface area contributed by atoms with Crippen molar-refractivity contribution in [2.75, 3.05) is 0 Å². The van der Waals surface area contributed by atoms with Crippen molar-refractivity contribution in [1.29, 1.82) is 0 Å². The summed E-state index contributed by atoms with van der Waals surface area (Å²) in [4.78, 5) is 4.25. The molecule has 0 spiro atoms. The molecule has 0 unspecified atom stereocenters. The van der Waals surface area contributed by atoms with Gasteiger partial charge in [-0.15, -0.1) is 34.0 Å². The molecule has 194 valence electrons. The molecule has 0 aliphatic heterocycles. The number of benzene rings is 1. The van der Waals surface area contributed by atoms with Gasteiger partial charge in [0.25, 0.3) is 0 Å². The van der Waals surface area contributed by atoms with Gasteiger partial charge >= 0.3 is 0 Å². The summed E-state index contributed by atoms with van der Waals surface area (Å²) in [5.41, 5.74) is 3.60. The Morgan fingerprint density at radius 1 is 0.649 bits per heavy atom. The maximum Gasteiger partial charge on any atom is 0.143 e. The van der Waals surface area contributed by atoms with E-state index in [2.05, 4.69) is 33.9 Å². The average Bonchev–Trinajstić information content (AvgIpc) is 3.72. The normalized spacial score (nSPS) is 11.6. The number of nitrogens with zero attached hydrogens (tertiary/aromatic N) is 2. The molecule has 4 heterocycles. The monoisotopic (exact) mass is 568 g/mol. The first-order valence-electron chi connectivity index (χ1n) is 13.4. The Balaban J connectivity index is 1.34. The van der Waals surface area contributed by atoms with Gasteiger partial charge in [0.05, 0.1) is 17.3 Å². The fourth-order valence-corrected chi connectivity index (χ4v) is 8.14. The van der Waals surface area contributed by atoms with E-state index in [1.807, 2.05) is 29.0 Å². The molecule has 0 radical (unpaired) electrons. The molecule has 5 rings (SSSR count). The summed E-state index contributed by atoms with van der Waals surface area (Å²) in [7, 11) is 0. The average molecular weight is 569 g/mol. The molecule has 1 aromatic carbocycles. The fourth-order valence-electron chi connectivity index (χ4n) is 4.94. The summed E-state index contributed by atoms with van der Waals surface area (Å²) in [5.74, 6) is -0.182. The predicted molar refractivity (Wildman–Crippen MR) is 163 cm³/mol. The Kier molecular flexibility index (Phi) is 9.54. The number of thiophene rings is 3. The standard InChI is InChI=1S/C30H33FN2S4/c1-2-3-4-5-6-7-8-9-10-11-14-21-17-18-24(36-21)25-26(22-15-12-19-34-22)29-30(33-37-32-29)27(28(25)31)23-16-13-20-35-23/h12-13,15-20H,2-11,14H2,1H3. The first-order valence-corrected chi connectivity index (χ1v) is 16.7. The fraction of sp³-hybridized carbons (Fsp3) is 0.400. The summed E-state index contributed by atoms with van der Waals surface area (Å²) in [6.07, 6.45) is 14.5. The van der Waals surface area contributed by atoms with E-state index >= 15 is 4.39 Å². The van der Waals surface area contributed by atoms with Gasteiger partial charge in [-0.05, 0) is 47.9 Å². The second kappa shape index (κ2) is 13.2. The van der Waals surface area contributed by atoms with Crippen molar-refractivity contribution >= 4 is 56.8 Å². The molecule has 0 aliphatic carbocycles. The molecule has 7 heteroatoms. The second-order valence-corrected chi connectivity index (χ2v) is 13.1. The molecule has 0 amide bonds. The van der Waals surface area contributed by atoms with Gasteiger partial charge in [0.1, 0.15) is 16.9 Å². The lowest BCUT2D eigenvalue weighted by Crippen LogP contribution is -1.94. The Morgan fingerprint density at radius 2 is 1.24 bits per heavy atom. The number of unbranched alkanes of at least 4 members (excludes halogenated alkanes) is 9. The zero-order valence-electron chi connectivity index (χ0n) is 21.3. The van der Waals surface area contributed by atoms with Gasteiger partial charge in [0.2, 0.25) is 0 Å². The van der Waals surface area contributed by atoms with Gasteiger partial charge in [-0.1, -0.05) is 76.8 Å². The number of rotatable bonds is 14. The molecular weight excluding hydrogens is 536 g/mol. The summed E-state index contributed by atoms with van der Waals surface area (Å²) >= 11 is 6.07. The number of hydrogen-bond acceptors (Lipinski definition) is 6. The Hall–Kier alpha value is -1.93. The molecule has 0 saturated heterocycles. The van der Waals surface area contributed by atoms with Gasteiger partial charge in [0.15, 0.2) is 0 Å². The van der Waals surface area contributed by atoms with Crippen LogP contribution in [0.15, 0.2) is 47.2 Å². The lowest BCUT2D eigenvalue weighted by atomic mass is 9.97.